The Balaban J connectivity index is 2.28. The van der Waals surface area contributed by atoms with Gasteiger partial charge in [-0.1, -0.05) is 13.3 Å². The molecule has 0 spiro atoms. The molecule has 6 heteroatoms. The van der Waals surface area contributed by atoms with Gasteiger partial charge in [-0.2, -0.15) is 4.31 Å². The minimum absolute atomic E-state index is 0.374. The van der Waals surface area contributed by atoms with Crippen LogP contribution in [0.3, 0.4) is 0 Å². The number of halogens is 1. The van der Waals surface area contributed by atoms with Crippen molar-refractivity contribution in [1.82, 2.24) is 4.31 Å². The van der Waals surface area contributed by atoms with Crippen molar-refractivity contribution in [2.45, 2.75) is 43.9 Å². The van der Waals surface area contributed by atoms with Crippen LogP contribution in [-0.4, -0.2) is 25.8 Å². The third kappa shape index (κ3) is 3.15. The third-order valence-electron chi connectivity index (χ3n) is 3.73. The van der Waals surface area contributed by atoms with Crippen LogP contribution in [0.1, 0.15) is 35.9 Å². The fourth-order valence-electron chi connectivity index (χ4n) is 2.56. The molecule has 108 valence electrons. The Morgan fingerprint density at radius 3 is 2.84 bits per heavy atom. The van der Waals surface area contributed by atoms with E-state index in [1.807, 2.05) is 6.92 Å². The summed E-state index contributed by atoms with van der Waals surface area (Å²) in [7, 11) is -3.34. The van der Waals surface area contributed by atoms with E-state index < -0.39 is 10.0 Å². The highest BCUT2D eigenvalue weighted by Gasteiger charge is 2.31. The highest BCUT2D eigenvalue weighted by Crippen LogP contribution is 2.31. The lowest BCUT2D eigenvalue weighted by Gasteiger charge is -2.31. The topological polar surface area (TPSA) is 37.4 Å². The fourth-order valence-corrected chi connectivity index (χ4v) is 5.81. The van der Waals surface area contributed by atoms with Crippen molar-refractivity contribution in [3.63, 3.8) is 0 Å². The molecule has 0 aromatic carbocycles. The summed E-state index contributed by atoms with van der Waals surface area (Å²) in [5.74, 6) is 0.869. The van der Waals surface area contributed by atoms with Crippen LogP contribution in [0.15, 0.2) is 11.0 Å². The van der Waals surface area contributed by atoms with E-state index in [4.69, 9.17) is 11.6 Å². The lowest BCUT2D eigenvalue weighted by molar-refractivity contribution is 0.261. The van der Waals surface area contributed by atoms with Crippen LogP contribution in [0.4, 0.5) is 0 Å². The number of alkyl halides is 1. The van der Waals surface area contributed by atoms with Crippen LogP contribution in [-0.2, 0) is 15.9 Å². The standard InChI is InChI=1S/C13H20ClNO2S2/c1-3-11-5-4-6-15(9-11)19(16,17)13-7-12(8-14)18-10(13)2/h7,11H,3-6,8-9H2,1-2H3. The summed E-state index contributed by atoms with van der Waals surface area (Å²) in [6.45, 7) is 5.28. The highest BCUT2D eigenvalue weighted by molar-refractivity contribution is 7.89. The van der Waals surface area contributed by atoms with Crippen molar-refractivity contribution < 1.29 is 8.42 Å². The van der Waals surface area contributed by atoms with E-state index in [1.165, 1.54) is 11.3 Å². The number of nitrogens with zero attached hydrogens (tertiary/aromatic N) is 1. The fraction of sp³-hybridized carbons (Fsp3) is 0.692. The molecule has 1 unspecified atom stereocenters. The Morgan fingerprint density at radius 1 is 1.53 bits per heavy atom. The van der Waals surface area contributed by atoms with E-state index in [9.17, 15) is 8.42 Å². The Bertz CT molecular complexity index is 539. The van der Waals surface area contributed by atoms with E-state index >= 15 is 0 Å². The van der Waals surface area contributed by atoms with Crippen LogP contribution in [0.25, 0.3) is 0 Å². The molecule has 0 amide bonds. The second-order valence-electron chi connectivity index (χ2n) is 5.05. The van der Waals surface area contributed by atoms with Gasteiger partial charge in [-0.25, -0.2) is 8.42 Å². The van der Waals surface area contributed by atoms with Crippen molar-refractivity contribution in [2.24, 2.45) is 5.92 Å². The van der Waals surface area contributed by atoms with Crippen molar-refractivity contribution in [1.29, 1.82) is 0 Å². The summed E-state index contributed by atoms with van der Waals surface area (Å²) >= 11 is 7.27. The molecular formula is C13H20ClNO2S2. The smallest absolute Gasteiger partial charge is 0.207 e. The Morgan fingerprint density at radius 2 is 2.26 bits per heavy atom. The van der Waals surface area contributed by atoms with Crippen molar-refractivity contribution in [3.05, 3.63) is 15.8 Å². The Kier molecular flexibility index (Phi) is 4.93. The van der Waals surface area contributed by atoms with Gasteiger partial charge in [0.1, 0.15) is 0 Å². The molecule has 0 saturated carbocycles. The van der Waals surface area contributed by atoms with Crippen LogP contribution in [0.2, 0.25) is 0 Å². The van der Waals surface area contributed by atoms with E-state index in [2.05, 4.69) is 6.92 Å². The quantitative estimate of drug-likeness (QED) is 0.794. The van der Waals surface area contributed by atoms with Gasteiger partial charge in [0.2, 0.25) is 10.0 Å². The third-order valence-corrected chi connectivity index (χ3v) is 7.35. The first-order chi connectivity index (χ1) is 8.98. The molecule has 3 nitrogen and oxygen atoms in total. The second kappa shape index (κ2) is 6.12. The minimum atomic E-state index is -3.34. The maximum absolute atomic E-state index is 12.7. The average molecular weight is 322 g/mol. The van der Waals surface area contributed by atoms with E-state index in [0.29, 0.717) is 29.8 Å². The SMILES string of the molecule is CCC1CCCN(S(=O)(=O)c2cc(CCl)sc2C)C1. The van der Waals surface area contributed by atoms with Gasteiger partial charge in [-0.15, -0.1) is 22.9 Å². The van der Waals surface area contributed by atoms with Gasteiger partial charge < -0.3 is 0 Å². The lowest BCUT2D eigenvalue weighted by Crippen LogP contribution is -2.39. The molecule has 19 heavy (non-hydrogen) atoms. The van der Waals surface area contributed by atoms with Crippen LogP contribution < -0.4 is 0 Å². The first-order valence-corrected chi connectivity index (χ1v) is 9.43. The van der Waals surface area contributed by atoms with Gasteiger partial charge in [0.15, 0.2) is 0 Å². The van der Waals surface area contributed by atoms with E-state index in [1.54, 1.807) is 10.4 Å². The summed E-state index contributed by atoms with van der Waals surface area (Å²) in [5.41, 5.74) is 0. The van der Waals surface area contributed by atoms with Crippen molar-refractivity contribution in [3.8, 4) is 0 Å². The minimum Gasteiger partial charge on any atom is -0.207 e. The maximum Gasteiger partial charge on any atom is 0.244 e. The summed E-state index contributed by atoms with van der Waals surface area (Å²) in [6.07, 6.45) is 3.14. The first kappa shape index (κ1) is 15.3. The number of hydrogen-bond acceptors (Lipinski definition) is 3. The van der Waals surface area contributed by atoms with E-state index in [-0.39, 0.29) is 0 Å². The largest absolute Gasteiger partial charge is 0.244 e. The number of aryl methyl sites for hydroxylation is 1. The Hall–Kier alpha value is -0.100. The molecule has 1 aliphatic rings. The summed E-state index contributed by atoms with van der Waals surface area (Å²) < 4.78 is 27.0. The maximum atomic E-state index is 12.7. The predicted molar refractivity (Wildman–Crippen MR) is 80.4 cm³/mol. The van der Waals surface area contributed by atoms with Gasteiger partial charge >= 0.3 is 0 Å². The van der Waals surface area contributed by atoms with Crippen molar-refractivity contribution >= 4 is 33.0 Å². The first-order valence-electron chi connectivity index (χ1n) is 6.64. The summed E-state index contributed by atoms with van der Waals surface area (Å²) in [4.78, 5) is 2.21. The van der Waals surface area contributed by atoms with Gasteiger partial charge in [0.05, 0.1) is 10.8 Å². The summed E-state index contributed by atoms with van der Waals surface area (Å²) in [6, 6.07) is 1.73. The molecule has 0 aliphatic carbocycles. The number of sulfonamides is 1. The number of piperidine rings is 1. The highest BCUT2D eigenvalue weighted by atomic mass is 35.5. The van der Waals surface area contributed by atoms with E-state index in [0.717, 1.165) is 29.0 Å². The van der Waals surface area contributed by atoms with Gasteiger partial charge in [-0.3, -0.25) is 0 Å². The lowest BCUT2D eigenvalue weighted by atomic mass is 9.97. The summed E-state index contributed by atoms with van der Waals surface area (Å²) in [5, 5.41) is 0. The molecular weight excluding hydrogens is 302 g/mol. The Labute approximate surface area is 124 Å². The second-order valence-corrected chi connectivity index (χ2v) is 8.56. The zero-order valence-corrected chi connectivity index (χ0v) is 13.7. The molecule has 1 aromatic rings. The number of hydrogen-bond donors (Lipinski definition) is 0. The molecule has 0 bridgehead atoms. The monoisotopic (exact) mass is 321 g/mol. The zero-order chi connectivity index (χ0) is 14.0. The molecule has 1 fully saturated rings. The van der Waals surface area contributed by atoms with Crippen LogP contribution in [0.5, 0.6) is 0 Å². The van der Waals surface area contributed by atoms with Crippen LogP contribution >= 0.6 is 22.9 Å². The van der Waals surface area contributed by atoms with Gasteiger partial charge in [0, 0.05) is 22.8 Å². The molecule has 0 N–H and O–H groups in total. The average Bonchev–Trinajstić information content (AvgIpc) is 2.81. The normalized spacial score (nSPS) is 21.7. The zero-order valence-electron chi connectivity index (χ0n) is 11.4. The van der Waals surface area contributed by atoms with Crippen molar-refractivity contribution in [2.75, 3.05) is 13.1 Å². The van der Waals surface area contributed by atoms with Gasteiger partial charge in [0.25, 0.3) is 0 Å². The molecule has 0 radical (unpaired) electrons. The van der Waals surface area contributed by atoms with Crippen LogP contribution in [0, 0.1) is 12.8 Å². The molecule has 1 aromatic heterocycles. The number of rotatable bonds is 4. The number of thiophene rings is 1. The van der Waals surface area contributed by atoms with Gasteiger partial charge in [-0.05, 0) is 31.7 Å². The molecule has 2 heterocycles. The predicted octanol–water partition coefficient (Wildman–Crippen LogP) is 3.61. The molecule has 2 rings (SSSR count). The molecule has 1 atom stereocenters. The molecule has 1 saturated heterocycles. The molecule has 1 aliphatic heterocycles.